The number of fused-ring (bicyclic) bond motifs is 3. The summed E-state index contributed by atoms with van der Waals surface area (Å²) in [6.45, 7) is 2.78. The summed E-state index contributed by atoms with van der Waals surface area (Å²) in [7, 11) is 1.36. The van der Waals surface area contributed by atoms with Crippen LogP contribution in [-0.2, 0) is 27.3 Å². The molecule has 6 nitrogen and oxygen atoms in total. The van der Waals surface area contributed by atoms with E-state index in [1.165, 1.54) is 29.3 Å². The molecule has 8 heteroatoms. The smallest absolute Gasteiger partial charge is 0.316 e. The summed E-state index contributed by atoms with van der Waals surface area (Å²) >= 11 is 2.84. The summed E-state index contributed by atoms with van der Waals surface area (Å²) in [5.74, 6) is 0.351. The molecule has 2 aromatic rings. The summed E-state index contributed by atoms with van der Waals surface area (Å²) in [6.07, 6.45) is 3.26. The third-order valence-electron chi connectivity index (χ3n) is 3.78. The van der Waals surface area contributed by atoms with Crippen molar-refractivity contribution in [2.45, 2.75) is 44.1 Å². The van der Waals surface area contributed by atoms with Crippen molar-refractivity contribution >= 4 is 45.1 Å². The topological polar surface area (TPSA) is 87.3 Å². The lowest BCUT2D eigenvalue weighted by atomic mass is 10.0. The van der Waals surface area contributed by atoms with Gasteiger partial charge in [-0.15, -0.1) is 11.3 Å². The molecule has 23 heavy (non-hydrogen) atoms. The Labute approximate surface area is 142 Å². The van der Waals surface area contributed by atoms with Crippen LogP contribution in [0.5, 0.6) is 0 Å². The van der Waals surface area contributed by atoms with E-state index in [1.54, 1.807) is 11.3 Å². The Balaban J connectivity index is 1.90. The number of thioether (sulfide) groups is 1. The Morgan fingerprint density at radius 3 is 3.09 bits per heavy atom. The molecule has 0 unspecified atom stereocenters. The Hall–Kier alpha value is -1.38. The molecule has 2 N–H and O–H groups in total. The zero-order valence-corrected chi connectivity index (χ0v) is 14.8. The number of methoxy groups -OCH3 is 1. The molecule has 0 fully saturated rings. The van der Waals surface area contributed by atoms with Gasteiger partial charge in [-0.2, -0.15) is 0 Å². The van der Waals surface area contributed by atoms with E-state index >= 15 is 0 Å². The molecule has 1 aliphatic heterocycles. The van der Waals surface area contributed by atoms with Gasteiger partial charge in [0.2, 0.25) is 0 Å². The van der Waals surface area contributed by atoms with Gasteiger partial charge in [-0.3, -0.25) is 4.79 Å². The normalized spacial score (nSPS) is 17.2. The molecule has 1 aliphatic rings. The van der Waals surface area contributed by atoms with E-state index in [1.807, 2.05) is 0 Å². The van der Waals surface area contributed by atoms with Crippen molar-refractivity contribution < 1.29 is 14.3 Å². The van der Waals surface area contributed by atoms with Crippen LogP contribution in [-0.4, -0.2) is 34.9 Å². The standard InChI is InChI=1S/C15H19N3O3S2/c1-3-4-8-5-9-10(6-21-8)23-14-12(9)13(16)17-15(18-14)22-7-11(19)20-2/h8H,3-7H2,1-2H3,(H2,16,17,18)/t8-/m0/s1. The lowest BCUT2D eigenvalue weighted by Crippen LogP contribution is -2.21. The van der Waals surface area contributed by atoms with E-state index in [4.69, 9.17) is 10.5 Å². The molecule has 3 rings (SSSR count). The van der Waals surface area contributed by atoms with Gasteiger partial charge in [0.15, 0.2) is 5.16 Å². The molecular formula is C15H19N3O3S2. The fraction of sp³-hybridized carbons (Fsp3) is 0.533. The van der Waals surface area contributed by atoms with Gasteiger partial charge in [-0.25, -0.2) is 9.97 Å². The number of aromatic nitrogens is 2. The Bertz CT molecular complexity index is 732. The van der Waals surface area contributed by atoms with Crippen molar-refractivity contribution in [1.29, 1.82) is 0 Å². The number of carbonyl (C=O) groups excluding carboxylic acids is 1. The highest BCUT2D eigenvalue weighted by Gasteiger charge is 2.25. The number of nitrogen functional groups attached to an aromatic ring is 1. The third-order valence-corrected chi connectivity index (χ3v) is 5.70. The number of nitrogens with two attached hydrogens (primary N) is 1. The average Bonchev–Trinajstić information content (AvgIpc) is 2.91. The van der Waals surface area contributed by atoms with E-state index < -0.39 is 0 Å². The summed E-state index contributed by atoms with van der Waals surface area (Å²) in [4.78, 5) is 22.2. The van der Waals surface area contributed by atoms with Crippen LogP contribution in [0.4, 0.5) is 5.82 Å². The predicted molar refractivity (Wildman–Crippen MR) is 91.8 cm³/mol. The lowest BCUT2D eigenvalue weighted by molar-refractivity contribution is -0.137. The molecular weight excluding hydrogens is 334 g/mol. The first-order chi connectivity index (χ1) is 11.1. The van der Waals surface area contributed by atoms with Crippen molar-refractivity contribution in [2.75, 3.05) is 18.6 Å². The Kier molecular flexibility index (Phi) is 5.03. The molecule has 0 radical (unpaired) electrons. The minimum absolute atomic E-state index is 0.175. The molecule has 0 spiro atoms. The van der Waals surface area contributed by atoms with Gasteiger partial charge < -0.3 is 15.2 Å². The second-order valence-electron chi connectivity index (χ2n) is 5.37. The third kappa shape index (κ3) is 3.44. The fourth-order valence-corrected chi connectivity index (χ4v) is 4.55. The zero-order chi connectivity index (χ0) is 16.4. The van der Waals surface area contributed by atoms with Crippen LogP contribution in [0, 0.1) is 0 Å². The number of hydrogen-bond donors (Lipinski definition) is 1. The maximum Gasteiger partial charge on any atom is 0.316 e. The molecule has 0 aromatic carbocycles. The van der Waals surface area contributed by atoms with E-state index in [0.717, 1.165) is 29.5 Å². The van der Waals surface area contributed by atoms with E-state index in [9.17, 15) is 4.79 Å². The minimum Gasteiger partial charge on any atom is -0.468 e. The Morgan fingerprint density at radius 1 is 1.52 bits per heavy atom. The van der Waals surface area contributed by atoms with E-state index in [0.29, 0.717) is 17.6 Å². The number of hydrogen-bond acceptors (Lipinski definition) is 8. The van der Waals surface area contributed by atoms with Crippen molar-refractivity contribution in [3.63, 3.8) is 0 Å². The number of carbonyl (C=O) groups is 1. The van der Waals surface area contributed by atoms with E-state index in [2.05, 4.69) is 21.6 Å². The molecule has 2 aromatic heterocycles. The van der Waals surface area contributed by atoms with Crippen molar-refractivity contribution in [1.82, 2.24) is 9.97 Å². The van der Waals surface area contributed by atoms with Gasteiger partial charge in [0.05, 0.1) is 31.0 Å². The number of esters is 1. The van der Waals surface area contributed by atoms with Crippen LogP contribution >= 0.6 is 23.1 Å². The summed E-state index contributed by atoms with van der Waals surface area (Å²) in [5, 5.41) is 1.46. The number of anilines is 1. The van der Waals surface area contributed by atoms with Gasteiger partial charge in [-0.05, 0) is 12.0 Å². The molecule has 0 aliphatic carbocycles. The SMILES string of the molecule is CCC[C@H]1Cc2c(sc3nc(SCC(=O)OC)nc(N)c23)CO1. The highest BCUT2D eigenvalue weighted by molar-refractivity contribution is 7.99. The molecule has 3 heterocycles. The van der Waals surface area contributed by atoms with Crippen LogP contribution in [0.15, 0.2) is 5.16 Å². The van der Waals surface area contributed by atoms with Crippen LogP contribution in [0.3, 0.4) is 0 Å². The first-order valence-corrected chi connectivity index (χ1v) is 9.31. The highest BCUT2D eigenvalue weighted by Crippen LogP contribution is 2.38. The molecule has 0 amide bonds. The van der Waals surface area contributed by atoms with Crippen LogP contribution < -0.4 is 5.73 Å². The molecule has 0 saturated carbocycles. The fourth-order valence-electron chi connectivity index (χ4n) is 2.68. The van der Waals surface area contributed by atoms with Crippen LogP contribution in [0.2, 0.25) is 0 Å². The van der Waals surface area contributed by atoms with Crippen LogP contribution in [0.1, 0.15) is 30.2 Å². The summed E-state index contributed by atoms with van der Waals surface area (Å²) < 4.78 is 10.5. The van der Waals surface area contributed by atoms with Crippen LogP contribution in [0.25, 0.3) is 10.2 Å². The molecule has 0 saturated heterocycles. The lowest BCUT2D eigenvalue weighted by Gasteiger charge is -2.22. The van der Waals surface area contributed by atoms with Crippen molar-refractivity contribution in [3.8, 4) is 0 Å². The van der Waals surface area contributed by atoms with Crippen molar-refractivity contribution in [2.24, 2.45) is 0 Å². The van der Waals surface area contributed by atoms with Crippen molar-refractivity contribution in [3.05, 3.63) is 10.4 Å². The monoisotopic (exact) mass is 353 g/mol. The number of rotatable bonds is 5. The second kappa shape index (κ2) is 7.02. The van der Waals surface area contributed by atoms with Gasteiger partial charge in [-0.1, -0.05) is 25.1 Å². The number of thiophene rings is 1. The predicted octanol–water partition coefficient (Wildman–Crippen LogP) is 2.78. The molecule has 124 valence electrons. The molecule has 1 atom stereocenters. The maximum absolute atomic E-state index is 11.2. The number of ether oxygens (including phenoxy) is 2. The minimum atomic E-state index is -0.307. The van der Waals surface area contributed by atoms with Gasteiger partial charge in [0, 0.05) is 11.3 Å². The number of nitrogens with zero attached hydrogens (tertiary/aromatic N) is 2. The van der Waals surface area contributed by atoms with Gasteiger partial charge in [0.25, 0.3) is 0 Å². The maximum atomic E-state index is 11.2. The summed E-state index contributed by atoms with van der Waals surface area (Å²) in [6, 6.07) is 0. The largest absolute Gasteiger partial charge is 0.468 e. The zero-order valence-electron chi connectivity index (χ0n) is 13.1. The van der Waals surface area contributed by atoms with E-state index in [-0.39, 0.29) is 17.8 Å². The molecule has 0 bridgehead atoms. The first kappa shape index (κ1) is 16.5. The van der Waals surface area contributed by atoms with Gasteiger partial charge >= 0.3 is 5.97 Å². The summed E-state index contributed by atoms with van der Waals surface area (Å²) in [5.41, 5.74) is 7.40. The Morgan fingerprint density at radius 2 is 2.35 bits per heavy atom. The highest BCUT2D eigenvalue weighted by atomic mass is 32.2. The average molecular weight is 353 g/mol. The second-order valence-corrected chi connectivity index (χ2v) is 7.39. The first-order valence-electron chi connectivity index (χ1n) is 7.51. The quantitative estimate of drug-likeness (QED) is 0.502. The van der Waals surface area contributed by atoms with Gasteiger partial charge in [0.1, 0.15) is 10.6 Å².